The minimum absolute atomic E-state index is 0.165. The van der Waals surface area contributed by atoms with Crippen molar-refractivity contribution in [3.05, 3.63) is 41.5 Å². The van der Waals surface area contributed by atoms with E-state index in [0.717, 1.165) is 56.1 Å². The molecule has 2 aliphatic rings. The zero-order valence-corrected chi connectivity index (χ0v) is 14.9. The molecule has 2 aliphatic heterocycles. The summed E-state index contributed by atoms with van der Waals surface area (Å²) in [5.41, 5.74) is 2.35. The predicted octanol–water partition coefficient (Wildman–Crippen LogP) is 1.86. The van der Waals surface area contributed by atoms with Gasteiger partial charge in [0.15, 0.2) is 0 Å². The molecular formula is C19H25N5O. The molecule has 0 saturated carbocycles. The number of carbonyl (C=O) groups is 1. The highest BCUT2D eigenvalue weighted by molar-refractivity contribution is 5.98. The van der Waals surface area contributed by atoms with Gasteiger partial charge in [-0.05, 0) is 44.7 Å². The van der Waals surface area contributed by atoms with E-state index in [1.807, 2.05) is 24.8 Å². The van der Waals surface area contributed by atoms with Crippen LogP contribution in [0.15, 0.2) is 24.3 Å². The Kier molecular flexibility index (Phi) is 4.29. The number of hydrogen-bond acceptors (Lipinski definition) is 4. The number of amides is 1. The summed E-state index contributed by atoms with van der Waals surface area (Å²) >= 11 is 0. The van der Waals surface area contributed by atoms with E-state index in [4.69, 9.17) is 0 Å². The van der Waals surface area contributed by atoms with Gasteiger partial charge in [-0.2, -0.15) is 0 Å². The molecule has 25 heavy (non-hydrogen) atoms. The Bertz CT molecular complexity index is 784. The average molecular weight is 339 g/mol. The van der Waals surface area contributed by atoms with Crippen LogP contribution in [0.3, 0.4) is 0 Å². The Morgan fingerprint density at radius 3 is 3.00 bits per heavy atom. The number of benzene rings is 1. The van der Waals surface area contributed by atoms with Crippen molar-refractivity contribution in [2.75, 3.05) is 11.4 Å². The van der Waals surface area contributed by atoms with Gasteiger partial charge in [0.1, 0.15) is 11.6 Å². The van der Waals surface area contributed by atoms with Crippen LogP contribution in [-0.2, 0) is 24.2 Å². The average Bonchev–Trinajstić information content (AvgIpc) is 3.01. The van der Waals surface area contributed by atoms with Crippen molar-refractivity contribution in [3.63, 3.8) is 0 Å². The van der Waals surface area contributed by atoms with E-state index in [9.17, 15) is 4.79 Å². The maximum Gasteiger partial charge on any atom is 0.243 e. The van der Waals surface area contributed by atoms with Crippen molar-refractivity contribution < 1.29 is 4.79 Å². The van der Waals surface area contributed by atoms with E-state index >= 15 is 0 Å². The molecule has 0 aliphatic carbocycles. The van der Waals surface area contributed by atoms with Gasteiger partial charge in [0.05, 0.1) is 6.04 Å². The van der Waals surface area contributed by atoms with E-state index in [1.54, 1.807) is 0 Å². The Morgan fingerprint density at radius 1 is 1.28 bits per heavy atom. The van der Waals surface area contributed by atoms with Gasteiger partial charge in [0.2, 0.25) is 5.91 Å². The lowest BCUT2D eigenvalue weighted by Crippen LogP contribution is -2.51. The molecule has 0 spiro atoms. The van der Waals surface area contributed by atoms with Crippen molar-refractivity contribution >= 4 is 11.6 Å². The first-order chi connectivity index (χ1) is 12.1. The number of para-hydroxylation sites is 1. The van der Waals surface area contributed by atoms with Crippen molar-refractivity contribution in [1.29, 1.82) is 0 Å². The van der Waals surface area contributed by atoms with Crippen molar-refractivity contribution in [3.8, 4) is 0 Å². The molecule has 1 amide bonds. The van der Waals surface area contributed by atoms with Crippen LogP contribution in [-0.4, -0.2) is 39.3 Å². The Balaban J connectivity index is 1.45. The van der Waals surface area contributed by atoms with Crippen molar-refractivity contribution in [2.45, 2.75) is 58.2 Å². The quantitative estimate of drug-likeness (QED) is 0.927. The SMILES string of the molecule is Cc1nnc2n1C[C@@H](N[C@H](C)C(=O)N1CCCc3ccccc31)CC2. The van der Waals surface area contributed by atoms with Crippen LogP contribution >= 0.6 is 0 Å². The maximum atomic E-state index is 13.0. The number of aryl methyl sites for hydroxylation is 3. The monoisotopic (exact) mass is 339 g/mol. The first-order valence-electron chi connectivity index (χ1n) is 9.17. The molecule has 0 saturated heterocycles. The number of nitrogens with zero attached hydrogens (tertiary/aromatic N) is 4. The third kappa shape index (κ3) is 3.06. The minimum Gasteiger partial charge on any atom is -0.314 e. The number of nitrogens with one attached hydrogen (secondary N) is 1. The maximum absolute atomic E-state index is 13.0. The number of fused-ring (bicyclic) bond motifs is 2. The number of rotatable bonds is 3. The van der Waals surface area contributed by atoms with E-state index in [-0.39, 0.29) is 18.0 Å². The number of aromatic nitrogens is 3. The van der Waals surface area contributed by atoms with Crippen LogP contribution in [0.25, 0.3) is 0 Å². The van der Waals surface area contributed by atoms with Gasteiger partial charge < -0.3 is 14.8 Å². The second kappa shape index (κ2) is 6.59. The number of carbonyl (C=O) groups excluding carboxylic acids is 1. The second-order valence-corrected chi connectivity index (χ2v) is 7.12. The Morgan fingerprint density at radius 2 is 2.12 bits per heavy atom. The van der Waals surface area contributed by atoms with Crippen LogP contribution < -0.4 is 10.2 Å². The molecule has 1 N–H and O–H groups in total. The Labute approximate surface area is 148 Å². The van der Waals surface area contributed by atoms with Crippen LogP contribution in [0.4, 0.5) is 5.69 Å². The van der Waals surface area contributed by atoms with Gasteiger partial charge in [0.25, 0.3) is 0 Å². The zero-order valence-electron chi connectivity index (χ0n) is 14.9. The van der Waals surface area contributed by atoms with Crippen LogP contribution in [0.5, 0.6) is 0 Å². The van der Waals surface area contributed by atoms with Gasteiger partial charge in [0, 0.05) is 31.2 Å². The van der Waals surface area contributed by atoms with E-state index in [1.165, 1.54) is 5.56 Å². The van der Waals surface area contributed by atoms with E-state index in [2.05, 4.69) is 38.3 Å². The highest BCUT2D eigenvalue weighted by atomic mass is 16.2. The van der Waals surface area contributed by atoms with Gasteiger partial charge >= 0.3 is 0 Å². The zero-order chi connectivity index (χ0) is 17.4. The lowest BCUT2D eigenvalue weighted by atomic mass is 10.0. The summed E-state index contributed by atoms with van der Waals surface area (Å²) in [5.74, 6) is 2.17. The summed E-state index contributed by atoms with van der Waals surface area (Å²) in [6, 6.07) is 8.34. The Hall–Kier alpha value is -2.21. The molecule has 2 aromatic rings. The molecule has 6 nitrogen and oxygen atoms in total. The third-order valence-electron chi connectivity index (χ3n) is 5.36. The van der Waals surface area contributed by atoms with Gasteiger partial charge in [-0.1, -0.05) is 18.2 Å². The normalized spacial score (nSPS) is 20.7. The van der Waals surface area contributed by atoms with Crippen molar-refractivity contribution in [2.24, 2.45) is 0 Å². The third-order valence-corrected chi connectivity index (χ3v) is 5.36. The second-order valence-electron chi connectivity index (χ2n) is 7.12. The molecule has 0 bridgehead atoms. The molecule has 1 aromatic carbocycles. The molecule has 132 valence electrons. The summed E-state index contributed by atoms with van der Waals surface area (Å²) in [5, 5.41) is 11.9. The lowest BCUT2D eigenvalue weighted by molar-refractivity contribution is -0.120. The molecule has 6 heteroatoms. The summed E-state index contributed by atoms with van der Waals surface area (Å²) in [6.07, 6.45) is 3.99. The van der Waals surface area contributed by atoms with Gasteiger partial charge in [-0.15, -0.1) is 10.2 Å². The lowest BCUT2D eigenvalue weighted by Gasteiger charge is -2.33. The van der Waals surface area contributed by atoms with Crippen molar-refractivity contribution in [1.82, 2.24) is 20.1 Å². The van der Waals surface area contributed by atoms with Crippen LogP contribution in [0.1, 0.15) is 37.0 Å². The topological polar surface area (TPSA) is 63.1 Å². The fourth-order valence-electron chi connectivity index (χ4n) is 4.02. The van der Waals surface area contributed by atoms with E-state index < -0.39 is 0 Å². The molecule has 0 radical (unpaired) electrons. The summed E-state index contributed by atoms with van der Waals surface area (Å²) in [4.78, 5) is 15.0. The highest BCUT2D eigenvalue weighted by Crippen LogP contribution is 2.27. The predicted molar refractivity (Wildman–Crippen MR) is 96.6 cm³/mol. The molecule has 2 atom stereocenters. The van der Waals surface area contributed by atoms with Crippen LogP contribution in [0, 0.1) is 6.92 Å². The van der Waals surface area contributed by atoms with Crippen LogP contribution in [0.2, 0.25) is 0 Å². The summed E-state index contributed by atoms with van der Waals surface area (Å²) in [7, 11) is 0. The fraction of sp³-hybridized carbons (Fsp3) is 0.526. The standard InChI is InChI=1S/C19H25N5O/c1-13(20-16-9-10-18-22-21-14(2)24(18)12-16)19(25)23-11-5-7-15-6-3-4-8-17(15)23/h3-4,6,8,13,16,20H,5,7,9-12H2,1-2H3/t13-,16+/m1/s1. The molecule has 4 rings (SSSR count). The number of anilines is 1. The number of hydrogen-bond donors (Lipinski definition) is 1. The van der Waals surface area contributed by atoms with E-state index in [0.29, 0.717) is 0 Å². The smallest absolute Gasteiger partial charge is 0.243 e. The minimum atomic E-state index is -0.200. The van der Waals surface area contributed by atoms with Gasteiger partial charge in [-0.25, -0.2) is 0 Å². The summed E-state index contributed by atoms with van der Waals surface area (Å²) in [6.45, 7) is 5.61. The van der Waals surface area contributed by atoms with Gasteiger partial charge in [-0.3, -0.25) is 4.79 Å². The molecule has 0 unspecified atom stereocenters. The largest absolute Gasteiger partial charge is 0.314 e. The highest BCUT2D eigenvalue weighted by Gasteiger charge is 2.29. The molecular weight excluding hydrogens is 314 g/mol. The first-order valence-corrected chi connectivity index (χ1v) is 9.17. The molecule has 1 aromatic heterocycles. The first kappa shape index (κ1) is 16.3. The molecule has 0 fully saturated rings. The summed E-state index contributed by atoms with van der Waals surface area (Å²) < 4.78 is 2.16. The fourth-order valence-corrected chi connectivity index (χ4v) is 4.02. The molecule has 3 heterocycles.